The Kier molecular flexibility index (Phi) is 4.31. The van der Waals surface area contributed by atoms with Gasteiger partial charge in [0.05, 0.1) is 5.60 Å². The molecule has 20 heavy (non-hydrogen) atoms. The van der Waals surface area contributed by atoms with E-state index in [-0.39, 0.29) is 0 Å². The van der Waals surface area contributed by atoms with Crippen molar-refractivity contribution in [3.63, 3.8) is 0 Å². The molecular weight excluding hydrogens is 296 g/mol. The molecule has 0 aliphatic heterocycles. The fraction of sp³-hybridized carbons (Fsp3) is 0.462. The number of aromatic carboxylic acids is 1. The van der Waals surface area contributed by atoms with E-state index in [2.05, 4.69) is 9.97 Å². The Morgan fingerprint density at radius 2 is 2.20 bits per heavy atom. The Morgan fingerprint density at radius 3 is 2.80 bits per heavy atom. The van der Waals surface area contributed by atoms with Gasteiger partial charge in [-0.3, -0.25) is 0 Å². The van der Waals surface area contributed by atoms with Crippen LogP contribution in [0.2, 0.25) is 0 Å². The first-order valence-electron chi connectivity index (χ1n) is 6.18. The fourth-order valence-electron chi connectivity index (χ4n) is 1.68. The van der Waals surface area contributed by atoms with Gasteiger partial charge in [-0.1, -0.05) is 6.92 Å². The Labute approximate surface area is 125 Å². The Bertz CT molecular complexity index is 652. The minimum Gasteiger partial charge on any atom is -0.477 e. The minimum atomic E-state index is -0.943. The molecule has 0 saturated carbocycles. The second-order valence-electron chi connectivity index (χ2n) is 4.86. The highest BCUT2D eigenvalue weighted by Gasteiger charge is 2.22. The predicted octanol–water partition coefficient (Wildman–Crippen LogP) is 2.95. The quantitative estimate of drug-likeness (QED) is 0.652. The normalized spacial score (nSPS) is 14.4. The Morgan fingerprint density at radius 1 is 1.50 bits per heavy atom. The van der Waals surface area contributed by atoms with Crippen LogP contribution >= 0.6 is 23.1 Å². The van der Waals surface area contributed by atoms with Crippen LogP contribution in [0.1, 0.15) is 35.5 Å². The molecule has 7 heteroatoms. The van der Waals surface area contributed by atoms with Crippen LogP contribution in [0.5, 0.6) is 0 Å². The summed E-state index contributed by atoms with van der Waals surface area (Å²) in [7, 11) is 0. The van der Waals surface area contributed by atoms with Gasteiger partial charge in [0.15, 0.2) is 0 Å². The number of carboxylic acid groups (broad SMARTS) is 1. The number of aliphatic hydroxyl groups is 1. The molecule has 2 aromatic rings. The highest BCUT2D eigenvalue weighted by Crippen LogP contribution is 2.36. The van der Waals surface area contributed by atoms with Crippen molar-refractivity contribution >= 4 is 39.3 Å². The summed E-state index contributed by atoms with van der Waals surface area (Å²) in [5.41, 5.74) is -0.0710. The number of hydrogen-bond donors (Lipinski definition) is 2. The Balaban J connectivity index is 2.42. The molecule has 108 valence electrons. The number of fused-ring (bicyclic) bond motifs is 1. The van der Waals surface area contributed by atoms with E-state index in [0.29, 0.717) is 27.4 Å². The lowest BCUT2D eigenvalue weighted by Gasteiger charge is -2.20. The van der Waals surface area contributed by atoms with Gasteiger partial charge in [0.2, 0.25) is 0 Å². The maximum Gasteiger partial charge on any atom is 0.346 e. The number of thioether (sulfide) groups is 1. The maximum atomic E-state index is 11.2. The Hall–Kier alpha value is -1.18. The molecule has 0 aliphatic carbocycles. The van der Waals surface area contributed by atoms with Gasteiger partial charge >= 0.3 is 5.97 Å². The van der Waals surface area contributed by atoms with E-state index in [4.69, 9.17) is 0 Å². The van der Waals surface area contributed by atoms with Crippen LogP contribution in [0.4, 0.5) is 0 Å². The van der Waals surface area contributed by atoms with Gasteiger partial charge in [-0.15, -0.1) is 23.1 Å². The zero-order chi connectivity index (χ0) is 14.9. The van der Waals surface area contributed by atoms with E-state index in [1.54, 1.807) is 13.8 Å². The molecular formula is C13H16N2O3S2. The molecule has 0 bridgehead atoms. The van der Waals surface area contributed by atoms with Crippen LogP contribution in [-0.4, -0.2) is 37.5 Å². The van der Waals surface area contributed by atoms with E-state index in [0.717, 1.165) is 21.7 Å². The monoisotopic (exact) mass is 312 g/mol. The number of nitrogens with zero attached hydrogens (tertiary/aromatic N) is 2. The van der Waals surface area contributed by atoms with Gasteiger partial charge in [0, 0.05) is 11.1 Å². The van der Waals surface area contributed by atoms with E-state index in [1.807, 2.05) is 6.92 Å². The molecule has 0 fully saturated rings. The largest absolute Gasteiger partial charge is 0.477 e. The SMILES string of the molecule is CCC(C)(O)CSc1ncnc2sc(C(=O)O)c(C)c12. The number of carbonyl (C=O) groups is 1. The lowest BCUT2D eigenvalue weighted by molar-refractivity contribution is 0.0701. The van der Waals surface area contributed by atoms with Gasteiger partial charge < -0.3 is 10.2 Å². The van der Waals surface area contributed by atoms with Crippen LogP contribution in [-0.2, 0) is 0 Å². The summed E-state index contributed by atoms with van der Waals surface area (Å²) < 4.78 is 0. The zero-order valence-electron chi connectivity index (χ0n) is 11.5. The van der Waals surface area contributed by atoms with Crippen LogP contribution < -0.4 is 0 Å². The molecule has 0 saturated heterocycles. The molecule has 1 unspecified atom stereocenters. The van der Waals surface area contributed by atoms with Crippen molar-refractivity contribution in [2.75, 3.05) is 5.75 Å². The minimum absolute atomic E-state index is 0.296. The van der Waals surface area contributed by atoms with Crippen molar-refractivity contribution in [1.82, 2.24) is 9.97 Å². The van der Waals surface area contributed by atoms with Crippen LogP contribution in [0.3, 0.4) is 0 Å². The maximum absolute atomic E-state index is 11.2. The van der Waals surface area contributed by atoms with Crippen molar-refractivity contribution in [3.05, 3.63) is 16.8 Å². The summed E-state index contributed by atoms with van der Waals surface area (Å²) in [6.07, 6.45) is 2.09. The van der Waals surface area contributed by atoms with Gasteiger partial charge in [-0.25, -0.2) is 14.8 Å². The zero-order valence-corrected chi connectivity index (χ0v) is 13.1. The average molecular weight is 312 g/mol. The third-order valence-electron chi connectivity index (χ3n) is 3.17. The van der Waals surface area contributed by atoms with Crippen molar-refractivity contribution in [2.24, 2.45) is 0 Å². The molecule has 0 aromatic carbocycles. The van der Waals surface area contributed by atoms with Gasteiger partial charge in [0.25, 0.3) is 0 Å². The molecule has 0 aliphatic rings. The summed E-state index contributed by atoms with van der Waals surface area (Å²) in [5, 5.41) is 20.7. The summed E-state index contributed by atoms with van der Waals surface area (Å²) in [6, 6.07) is 0. The first-order chi connectivity index (χ1) is 9.35. The number of rotatable bonds is 5. The van der Waals surface area contributed by atoms with Gasteiger partial charge in [-0.05, 0) is 25.8 Å². The van der Waals surface area contributed by atoms with Crippen molar-refractivity contribution in [3.8, 4) is 0 Å². The standard InChI is InChI=1S/C13H16N2O3S2/c1-4-13(3,18)5-19-10-8-7(2)9(12(16)17)20-11(8)15-6-14-10/h6,18H,4-5H2,1-3H3,(H,16,17). The molecule has 2 N–H and O–H groups in total. The van der Waals surface area contributed by atoms with E-state index >= 15 is 0 Å². The second kappa shape index (κ2) is 5.67. The molecule has 0 radical (unpaired) electrons. The van der Waals surface area contributed by atoms with E-state index in [9.17, 15) is 15.0 Å². The molecule has 5 nitrogen and oxygen atoms in total. The smallest absolute Gasteiger partial charge is 0.346 e. The number of thiophene rings is 1. The van der Waals surface area contributed by atoms with Gasteiger partial charge in [0.1, 0.15) is 21.1 Å². The van der Waals surface area contributed by atoms with Crippen LogP contribution in [0, 0.1) is 6.92 Å². The molecule has 0 spiro atoms. The first-order valence-corrected chi connectivity index (χ1v) is 7.98. The molecule has 2 aromatic heterocycles. The second-order valence-corrected chi connectivity index (χ2v) is 6.82. The highest BCUT2D eigenvalue weighted by molar-refractivity contribution is 7.99. The van der Waals surface area contributed by atoms with Crippen molar-refractivity contribution in [2.45, 2.75) is 37.8 Å². The topological polar surface area (TPSA) is 83.3 Å². The molecule has 0 amide bonds. The van der Waals surface area contributed by atoms with Crippen LogP contribution in [0.25, 0.3) is 10.2 Å². The summed E-state index contributed by atoms with van der Waals surface area (Å²) in [6.45, 7) is 5.48. The van der Waals surface area contributed by atoms with Crippen molar-refractivity contribution < 1.29 is 15.0 Å². The van der Waals surface area contributed by atoms with Crippen molar-refractivity contribution in [1.29, 1.82) is 0 Å². The average Bonchev–Trinajstić information content (AvgIpc) is 2.75. The van der Waals surface area contributed by atoms with Crippen LogP contribution in [0.15, 0.2) is 11.4 Å². The number of hydrogen-bond acceptors (Lipinski definition) is 6. The highest BCUT2D eigenvalue weighted by atomic mass is 32.2. The number of aromatic nitrogens is 2. The molecule has 1 atom stereocenters. The third-order valence-corrected chi connectivity index (χ3v) is 5.70. The fourth-order valence-corrected chi connectivity index (χ4v) is 3.90. The summed E-state index contributed by atoms with van der Waals surface area (Å²) in [5.74, 6) is -0.435. The predicted molar refractivity (Wildman–Crippen MR) is 80.8 cm³/mol. The van der Waals surface area contributed by atoms with E-state index in [1.165, 1.54) is 18.1 Å². The molecule has 2 rings (SSSR count). The third kappa shape index (κ3) is 2.94. The lowest BCUT2D eigenvalue weighted by Crippen LogP contribution is -2.25. The first kappa shape index (κ1) is 15.2. The lowest BCUT2D eigenvalue weighted by atomic mass is 10.1. The van der Waals surface area contributed by atoms with E-state index < -0.39 is 11.6 Å². The number of carboxylic acids is 1. The summed E-state index contributed by atoms with van der Waals surface area (Å²) in [4.78, 5) is 20.5. The van der Waals surface area contributed by atoms with Gasteiger partial charge in [-0.2, -0.15) is 0 Å². The number of aryl methyl sites for hydroxylation is 1. The summed E-state index contributed by atoms with van der Waals surface area (Å²) >= 11 is 2.59. The molecule has 2 heterocycles.